The average Bonchev–Trinajstić information content (AvgIpc) is 3.19. The van der Waals surface area contributed by atoms with E-state index in [1.807, 2.05) is 32.0 Å². The molecule has 1 aromatic heterocycles. The van der Waals surface area contributed by atoms with Gasteiger partial charge in [-0.2, -0.15) is 40.3 Å². The summed E-state index contributed by atoms with van der Waals surface area (Å²) in [7, 11) is -6.09. The molecule has 0 saturated carbocycles. The van der Waals surface area contributed by atoms with E-state index in [-0.39, 0.29) is 16.8 Å². The SMILES string of the molecule is CC#N.CC1=NCCCNCCCN=C(C)c2cccc1n2.O=S(=O)([O-])C(F)(F)F.[Co+3].c1ccc([B-](c2ccccc2)(c2ccccc2)c2ccccc2)cc1. The third-order valence-corrected chi connectivity index (χ3v) is 9.26. The molecule has 2 bridgehead atoms. The molecule has 0 aliphatic carbocycles. The Labute approximate surface area is 338 Å². The van der Waals surface area contributed by atoms with E-state index >= 15 is 0 Å². The van der Waals surface area contributed by atoms with Crippen molar-refractivity contribution in [1.82, 2.24) is 10.3 Å². The van der Waals surface area contributed by atoms with Crippen LogP contribution in [0.25, 0.3) is 0 Å². The Hall–Kier alpha value is -4.91. The molecule has 0 radical (unpaired) electrons. The van der Waals surface area contributed by atoms with Crippen molar-refractivity contribution in [2.75, 3.05) is 26.2 Å². The quantitative estimate of drug-likeness (QED) is 0.140. The van der Waals surface area contributed by atoms with Crippen molar-refractivity contribution < 1.29 is 42.9 Å². The Balaban J connectivity index is 0.000000309. The first kappa shape index (κ1) is 47.2. The van der Waals surface area contributed by atoms with Gasteiger partial charge >= 0.3 is 22.3 Å². The summed E-state index contributed by atoms with van der Waals surface area (Å²) >= 11 is 0. The van der Waals surface area contributed by atoms with Gasteiger partial charge in [-0.05, 0) is 51.9 Å². The molecule has 1 aliphatic heterocycles. The number of hydrogen-bond acceptors (Lipinski definition) is 8. The smallest absolute Gasteiger partial charge is 0.741 e. The summed E-state index contributed by atoms with van der Waals surface area (Å²) in [5, 5.41) is 10.7. The molecule has 6 rings (SSSR count). The molecule has 0 unspecified atom stereocenters. The van der Waals surface area contributed by atoms with E-state index < -0.39 is 21.8 Å². The second-order valence-corrected chi connectivity index (χ2v) is 13.8. The molecule has 294 valence electrons. The molecule has 1 N–H and O–H groups in total. The second-order valence-electron chi connectivity index (χ2n) is 12.4. The Kier molecular flexibility index (Phi) is 20.2. The number of hydrogen-bond donors (Lipinski definition) is 1. The Bertz CT molecular complexity index is 1900. The fourth-order valence-electron chi connectivity index (χ4n) is 6.15. The minimum absolute atomic E-state index is 0. The molecule has 14 heteroatoms. The van der Waals surface area contributed by atoms with Crippen LogP contribution >= 0.6 is 0 Å². The van der Waals surface area contributed by atoms with Crippen LogP contribution in [0.5, 0.6) is 0 Å². The zero-order valence-corrected chi connectivity index (χ0v) is 33.3. The number of fused-ring (bicyclic) bond motifs is 2. The van der Waals surface area contributed by atoms with Crippen molar-refractivity contribution in [2.24, 2.45) is 9.98 Å². The number of aliphatic imine (C=N–C) groups is 2. The van der Waals surface area contributed by atoms with Gasteiger partial charge < -0.3 is 9.87 Å². The third-order valence-electron chi connectivity index (χ3n) is 8.69. The third kappa shape index (κ3) is 14.0. The molecule has 0 amide bonds. The molecule has 0 fully saturated rings. The number of rotatable bonds is 4. The second kappa shape index (κ2) is 23.9. The predicted molar refractivity (Wildman–Crippen MR) is 218 cm³/mol. The van der Waals surface area contributed by atoms with Gasteiger partial charge in [0.05, 0.1) is 28.9 Å². The van der Waals surface area contributed by atoms with E-state index in [1.165, 1.54) is 28.8 Å². The molecule has 4 aromatic carbocycles. The van der Waals surface area contributed by atoms with Crippen LogP contribution in [0.3, 0.4) is 0 Å². The summed E-state index contributed by atoms with van der Waals surface area (Å²) in [4.78, 5) is 13.8. The Morgan fingerprint density at radius 3 is 1.20 bits per heavy atom. The molecule has 5 aromatic rings. The standard InChI is InChI=1S/C24H20B.C15H22N4.C2H3N.CHF3O3S.Co/c1-5-13-21(14-6-1)25(22-15-7-2-8-16-22,23-17-9-3-10-18-23)24-19-11-4-12-20-24;1-12-14-6-3-7-15(19-14)13(2)18-11-5-9-16-8-4-10-17-12;1-2-3;2-1(3,4)8(5,6)7;/h1-20H;3,6-7,16H,4-5,8-11H2,1-2H3;1H3;(H,5,6,7);/q-1;;;;+3/p-1. The first-order valence-corrected chi connectivity index (χ1v) is 19.2. The molecule has 56 heavy (non-hydrogen) atoms. The maximum Gasteiger partial charge on any atom is 3.00 e. The van der Waals surface area contributed by atoms with E-state index in [2.05, 4.69) is 142 Å². The zero-order chi connectivity index (χ0) is 40.2. The largest absolute Gasteiger partial charge is 3.00 e. The first-order valence-electron chi connectivity index (χ1n) is 17.8. The van der Waals surface area contributed by atoms with Gasteiger partial charge in [-0.15, -0.1) is 0 Å². The van der Waals surface area contributed by atoms with Crippen molar-refractivity contribution in [3.8, 4) is 6.07 Å². The number of nitriles is 1. The van der Waals surface area contributed by atoms with Crippen LogP contribution in [-0.4, -0.2) is 67.2 Å². The summed E-state index contributed by atoms with van der Waals surface area (Å²) in [6, 6.07) is 51.3. The van der Waals surface area contributed by atoms with Crippen LogP contribution in [0.1, 0.15) is 45.0 Å². The van der Waals surface area contributed by atoms with Gasteiger partial charge in [-0.3, -0.25) is 9.98 Å². The molecule has 0 saturated heterocycles. The number of alkyl halides is 3. The van der Waals surface area contributed by atoms with Gasteiger partial charge in [-0.25, -0.2) is 13.4 Å². The maximum absolute atomic E-state index is 10.7. The minimum atomic E-state index is -6.09. The van der Waals surface area contributed by atoms with Crippen molar-refractivity contribution in [2.45, 2.75) is 39.1 Å². The molecule has 2 heterocycles. The first-order chi connectivity index (χ1) is 26.4. The predicted octanol–water partition coefficient (Wildman–Crippen LogP) is 5.73. The molecule has 1 aliphatic rings. The summed E-state index contributed by atoms with van der Waals surface area (Å²) in [6.45, 7) is 9.24. The van der Waals surface area contributed by atoms with Crippen molar-refractivity contribution >= 4 is 49.5 Å². The number of halogens is 3. The van der Waals surface area contributed by atoms with Crippen LogP contribution in [0.4, 0.5) is 13.2 Å². The number of nitrogens with zero attached hydrogens (tertiary/aromatic N) is 4. The Morgan fingerprint density at radius 2 is 0.929 bits per heavy atom. The Morgan fingerprint density at radius 1 is 0.643 bits per heavy atom. The molecular formula is C42H45BCoF3N5O3S+. The normalized spacial score (nSPS) is 13.3. The topological polar surface area (TPSA) is 131 Å². The van der Waals surface area contributed by atoms with Crippen LogP contribution in [-0.2, 0) is 26.9 Å². The number of pyridine rings is 1. The van der Waals surface area contributed by atoms with Gasteiger partial charge in [0.25, 0.3) is 0 Å². The van der Waals surface area contributed by atoms with E-state index in [9.17, 15) is 13.2 Å². The van der Waals surface area contributed by atoms with Gasteiger partial charge in [0.2, 0.25) is 0 Å². The van der Waals surface area contributed by atoms with E-state index in [0.717, 1.165) is 61.8 Å². The van der Waals surface area contributed by atoms with Crippen LogP contribution in [0.2, 0.25) is 0 Å². The molecule has 8 nitrogen and oxygen atoms in total. The van der Waals surface area contributed by atoms with E-state index in [0.29, 0.717) is 0 Å². The number of nitrogens with one attached hydrogen (secondary N) is 1. The summed E-state index contributed by atoms with van der Waals surface area (Å²) in [5.41, 5.74) is 3.63. The zero-order valence-electron chi connectivity index (χ0n) is 31.5. The fourth-order valence-corrected chi connectivity index (χ4v) is 6.15. The molecule has 0 atom stereocenters. The maximum atomic E-state index is 10.7. The summed E-state index contributed by atoms with van der Waals surface area (Å²) in [5.74, 6) is 0. The minimum Gasteiger partial charge on any atom is -0.741 e. The number of benzene rings is 4. The summed E-state index contributed by atoms with van der Waals surface area (Å²) < 4.78 is 58.9. The van der Waals surface area contributed by atoms with Gasteiger partial charge in [0, 0.05) is 20.0 Å². The van der Waals surface area contributed by atoms with Gasteiger partial charge in [0.15, 0.2) is 10.1 Å². The van der Waals surface area contributed by atoms with Gasteiger partial charge in [-0.1, -0.05) is 127 Å². The molecular weight excluding hydrogens is 781 g/mol. The van der Waals surface area contributed by atoms with Crippen LogP contribution in [0, 0.1) is 11.3 Å². The summed E-state index contributed by atoms with van der Waals surface area (Å²) in [6.07, 6.45) is 0.922. The van der Waals surface area contributed by atoms with Crippen molar-refractivity contribution in [3.63, 3.8) is 0 Å². The monoisotopic (exact) mass is 826 g/mol. The van der Waals surface area contributed by atoms with E-state index in [1.54, 1.807) is 6.07 Å². The van der Waals surface area contributed by atoms with Crippen LogP contribution in [0.15, 0.2) is 150 Å². The number of aromatic nitrogens is 1. The van der Waals surface area contributed by atoms with E-state index in [4.69, 9.17) is 18.2 Å². The average molecular weight is 827 g/mol. The van der Waals surface area contributed by atoms with Crippen molar-refractivity contribution in [3.05, 3.63) is 151 Å². The fraction of sp³-hybridized carbons (Fsp3) is 0.238. The van der Waals surface area contributed by atoms with Crippen molar-refractivity contribution in [1.29, 1.82) is 5.26 Å². The van der Waals surface area contributed by atoms with Crippen LogP contribution < -0.4 is 27.2 Å². The molecule has 0 spiro atoms. The van der Waals surface area contributed by atoms with Gasteiger partial charge in [0.1, 0.15) is 6.15 Å².